The van der Waals surface area contributed by atoms with Crippen LogP contribution in [0.3, 0.4) is 0 Å². The van der Waals surface area contributed by atoms with Gasteiger partial charge in [0.05, 0.1) is 16.3 Å². The van der Waals surface area contributed by atoms with Gasteiger partial charge in [0.2, 0.25) is 0 Å². The van der Waals surface area contributed by atoms with Crippen molar-refractivity contribution in [2.24, 2.45) is 0 Å². The summed E-state index contributed by atoms with van der Waals surface area (Å²) in [5.74, 6) is 0.173. The third-order valence-corrected chi connectivity index (χ3v) is 5.01. The maximum Gasteiger partial charge on any atom is 0.255 e. The minimum Gasteiger partial charge on any atom is -0.338 e. The van der Waals surface area contributed by atoms with Gasteiger partial charge in [-0.1, -0.05) is 11.6 Å². The number of carbonyl (C=O) groups excluding carboxylic acids is 1. The third-order valence-electron chi connectivity index (χ3n) is 4.68. The zero-order valence-corrected chi connectivity index (χ0v) is 14.9. The molecule has 7 heteroatoms. The molecule has 0 bridgehead atoms. The van der Waals surface area contributed by atoms with Crippen LogP contribution < -0.4 is 0 Å². The maximum atomic E-state index is 13.1. The Morgan fingerprint density at radius 2 is 2.15 bits per heavy atom. The lowest BCUT2D eigenvalue weighted by Gasteiger charge is -2.32. The second kappa shape index (κ2) is 7.25. The number of hydrogen-bond donors (Lipinski definition) is 0. The Hall–Kier alpha value is -2.73. The van der Waals surface area contributed by atoms with E-state index in [1.54, 1.807) is 35.5 Å². The van der Waals surface area contributed by atoms with Gasteiger partial charge >= 0.3 is 0 Å². The Bertz CT molecular complexity index is 898. The van der Waals surface area contributed by atoms with E-state index in [9.17, 15) is 4.79 Å². The van der Waals surface area contributed by atoms with E-state index in [1.165, 1.54) is 0 Å². The van der Waals surface area contributed by atoms with E-state index in [4.69, 9.17) is 11.6 Å². The molecule has 0 aliphatic carbocycles. The number of benzene rings is 1. The lowest BCUT2D eigenvalue weighted by Crippen LogP contribution is -2.39. The summed E-state index contributed by atoms with van der Waals surface area (Å²) in [6.45, 7) is 1.36. The minimum absolute atomic E-state index is 0.0530. The number of likely N-dealkylation sites (tertiary alicyclic amines) is 1. The largest absolute Gasteiger partial charge is 0.338 e. The van der Waals surface area contributed by atoms with Crippen LogP contribution in [0.15, 0.2) is 55.2 Å². The predicted octanol–water partition coefficient (Wildman–Crippen LogP) is 3.34. The molecule has 0 N–H and O–H groups in total. The maximum absolute atomic E-state index is 13.1. The molecule has 2 aromatic heterocycles. The molecule has 3 heterocycles. The summed E-state index contributed by atoms with van der Waals surface area (Å²) in [5.41, 5.74) is 2.30. The first-order chi connectivity index (χ1) is 12.7. The SMILES string of the molecule is O=C(c1cc(-n2cccn2)ccc1Cl)N1CCC[C@@H](c2ccncn2)C1. The van der Waals surface area contributed by atoms with Gasteiger partial charge in [-0.3, -0.25) is 4.79 Å². The number of nitrogens with zero attached hydrogens (tertiary/aromatic N) is 5. The summed E-state index contributed by atoms with van der Waals surface area (Å²) in [7, 11) is 0. The highest BCUT2D eigenvalue weighted by Crippen LogP contribution is 2.28. The van der Waals surface area contributed by atoms with Crippen molar-refractivity contribution >= 4 is 17.5 Å². The molecule has 26 heavy (non-hydrogen) atoms. The normalized spacial score (nSPS) is 17.3. The Morgan fingerprint density at radius 1 is 1.23 bits per heavy atom. The molecule has 0 saturated carbocycles. The van der Waals surface area contributed by atoms with Crippen molar-refractivity contribution in [3.63, 3.8) is 0 Å². The van der Waals surface area contributed by atoms with Gasteiger partial charge in [0.15, 0.2) is 0 Å². The van der Waals surface area contributed by atoms with E-state index in [0.717, 1.165) is 30.8 Å². The van der Waals surface area contributed by atoms with Crippen LogP contribution in [0.5, 0.6) is 0 Å². The molecule has 1 saturated heterocycles. The third kappa shape index (κ3) is 3.32. The van der Waals surface area contributed by atoms with Gasteiger partial charge < -0.3 is 4.90 Å². The van der Waals surface area contributed by atoms with Crippen molar-refractivity contribution < 1.29 is 4.79 Å². The number of piperidine rings is 1. The fraction of sp³-hybridized carbons (Fsp3) is 0.263. The second-order valence-electron chi connectivity index (χ2n) is 6.34. The quantitative estimate of drug-likeness (QED) is 0.712. The summed E-state index contributed by atoms with van der Waals surface area (Å²) < 4.78 is 1.72. The number of amides is 1. The molecule has 1 fully saturated rings. The van der Waals surface area contributed by atoms with Gasteiger partial charge in [0, 0.05) is 43.3 Å². The highest BCUT2D eigenvalue weighted by atomic mass is 35.5. The number of halogens is 1. The van der Waals surface area contributed by atoms with Crippen LogP contribution in [0.25, 0.3) is 5.69 Å². The molecular formula is C19H18ClN5O. The van der Waals surface area contributed by atoms with Crippen LogP contribution in [0.1, 0.15) is 34.8 Å². The van der Waals surface area contributed by atoms with E-state index in [-0.39, 0.29) is 11.8 Å². The zero-order valence-electron chi connectivity index (χ0n) is 14.1. The van der Waals surface area contributed by atoms with Crippen molar-refractivity contribution in [2.75, 3.05) is 13.1 Å². The van der Waals surface area contributed by atoms with Gasteiger partial charge in [0.1, 0.15) is 6.33 Å². The van der Waals surface area contributed by atoms with E-state index in [1.807, 2.05) is 29.3 Å². The highest BCUT2D eigenvalue weighted by molar-refractivity contribution is 6.33. The number of rotatable bonds is 3. The summed E-state index contributed by atoms with van der Waals surface area (Å²) in [4.78, 5) is 23.3. The molecule has 132 valence electrons. The van der Waals surface area contributed by atoms with E-state index >= 15 is 0 Å². The van der Waals surface area contributed by atoms with Crippen LogP contribution in [0, 0.1) is 0 Å². The van der Waals surface area contributed by atoms with Crippen LogP contribution >= 0.6 is 11.6 Å². The molecule has 4 rings (SSSR count). The molecule has 1 aromatic carbocycles. The highest BCUT2D eigenvalue weighted by Gasteiger charge is 2.27. The van der Waals surface area contributed by atoms with Crippen LogP contribution in [-0.4, -0.2) is 43.6 Å². The van der Waals surface area contributed by atoms with Crippen molar-refractivity contribution in [1.82, 2.24) is 24.6 Å². The first-order valence-electron chi connectivity index (χ1n) is 8.57. The summed E-state index contributed by atoms with van der Waals surface area (Å²) >= 11 is 6.33. The molecule has 1 atom stereocenters. The van der Waals surface area contributed by atoms with Gasteiger partial charge in [-0.05, 0) is 43.2 Å². The van der Waals surface area contributed by atoms with Gasteiger partial charge in [-0.25, -0.2) is 14.6 Å². The first kappa shape index (κ1) is 16.7. The molecular weight excluding hydrogens is 350 g/mol. The van der Waals surface area contributed by atoms with Crippen LogP contribution in [0.4, 0.5) is 0 Å². The molecule has 0 spiro atoms. The van der Waals surface area contributed by atoms with Crippen molar-refractivity contribution in [2.45, 2.75) is 18.8 Å². The van der Waals surface area contributed by atoms with Gasteiger partial charge in [0.25, 0.3) is 5.91 Å². The topological polar surface area (TPSA) is 63.9 Å². The fourth-order valence-corrected chi connectivity index (χ4v) is 3.56. The second-order valence-corrected chi connectivity index (χ2v) is 6.75. The van der Waals surface area contributed by atoms with Gasteiger partial charge in [-0.15, -0.1) is 0 Å². The summed E-state index contributed by atoms with van der Waals surface area (Å²) in [6, 6.07) is 9.16. The van der Waals surface area contributed by atoms with Crippen molar-refractivity contribution in [3.05, 3.63) is 71.5 Å². The fourth-order valence-electron chi connectivity index (χ4n) is 3.36. The van der Waals surface area contributed by atoms with Crippen LogP contribution in [-0.2, 0) is 0 Å². The molecule has 0 radical (unpaired) electrons. The Kier molecular flexibility index (Phi) is 4.67. The Labute approximate surface area is 156 Å². The standard InChI is InChI=1S/C19H18ClN5O/c20-17-5-4-15(25-10-2-7-23-25)11-16(17)19(26)24-9-1-3-14(12-24)18-6-8-21-13-22-18/h2,4-8,10-11,13-14H,1,3,9,12H2/t14-/m1/s1. The number of aromatic nitrogens is 4. The van der Waals surface area contributed by atoms with Crippen molar-refractivity contribution in [1.29, 1.82) is 0 Å². The summed E-state index contributed by atoms with van der Waals surface area (Å²) in [5, 5.41) is 4.67. The number of hydrogen-bond acceptors (Lipinski definition) is 4. The van der Waals surface area contributed by atoms with Crippen molar-refractivity contribution in [3.8, 4) is 5.69 Å². The summed E-state index contributed by atoms with van der Waals surface area (Å²) in [6.07, 6.45) is 8.79. The molecule has 1 amide bonds. The average Bonchev–Trinajstić information content (AvgIpc) is 3.23. The van der Waals surface area contributed by atoms with E-state index in [2.05, 4.69) is 15.1 Å². The molecule has 6 nitrogen and oxygen atoms in total. The molecule has 3 aromatic rings. The average molecular weight is 368 g/mol. The van der Waals surface area contributed by atoms with E-state index in [0.29, 0.717) is 17.1 Å². The number of carbonyl (C=O) groups is 1. The minimum atomic E-state index is -0.0530. The monoisotopic (exact) mass is 367 g/mol. The Balaban J connectivity index is 1.58. The van der Waals surface area contributed by atoms with Gasteiger partial charge in [-0.2, -0.15) is 5.10 Å². The molecule has 0 unspecified atom stereocenters. The van der Waals surface area contributed by atoms with E-state index < -0.39 is 0 Å². The predicted molar refractivity (Wildman–Crippen MR) is 98.5 cm³/mol. The zero-order chi connectivity index (χ0) is 17.9. The first-order valence-corrected chi connectivity index (χ1v) is 8.95. The smallest absolute Gasteiger partial charge is 0.255 e. The molecule has 1 aliphatic heterocycles. The lowest BCUT2D eigenvalue weighted by molar-refractivity contribution is 0.0706. The van der Waals surface area contributed by atoms with Crippen LogP contribution in [0.2, 0.25) is 5.02 Å². The Morgan fingerprint density at radius 3 is 2.92 bits per heavy atom. The lowest BCUT2D eigenvalue weighted by atomic mass is 9.94. The molecule has 1 aliphatic rings.